The molecule has 1 aromatic heterocycles. The Kier molecular flexibility index (Phi) is 8.62. The molecule has 2 aromatic rings. The minimum absolute atomic E-state index is 0.0168. The fourth-order valence-corrected chi connectivity index (χ4v) is 5.90. The molecule has 2 saturated carbocycles. The second-order valence-corrected chi connectivity index (χ2v) is 12.2. The van der Waals surface area contributed by atoms with E-state index < -0.39 is 47.1 Å². The van der Waals surface area contributed by atoms with Crippen molar-refractivity contribution in [3.8, 4) is 0 Å². The van der Waals surface area contributed by atoms with Gasteiger partial charge in [0.1, 0.15) is 0 Å². The summed E-state index contributed by atoms with van der Waals surface area (Å²) in [5.74, 6) is -1.87. The van der Waals surface area contributed by atoms with Crippen molar-refractivity contribution >= 4 is 40.9 Å². The summed E-state index contributed by atoms with van der Waals surface area (Å²) in [5, 5.41) is 4.21. The van der Waals surface area contributed by atoms with E-state index in [9.17, 15) is 27.6 Å². The molecule has 2 aliphatic rings. The van der Waals surface area contributed by atoms with Crippen LogP contribution in [-0.4, -0.2) is 52.0 Å². The lowest BCUT2D eigenvalue weighted by molar-refractivity contribution is -0.157. The summed E-state index contributed by atoms with van der Waals surface area (Å²) in [4.78, 5) is 40.4. The second-order valence-electron chi connectivity index (χ2n) is 11.4. The van der Waals surface area contributed by atoms with E-state index in [1.165, 1.54) is 12.1 Å². The standard InChI is InChI=1S/C28H32Cl2F3N3O4/c1-4-40-25(39)27(3)10-8-17(9-11-27)36-23(28(31,32)33)18(14-34-36)24(38)35(16-26(2)12-13-26)15-21(37)22-19(29)6-5-7-20(22)30/h5-7,14,17H,4,8-13,15-16H2,1-3H3. The van der Waals surface area contributed by atoms with Crippen LogP contribution in [0, 0.1) is 10.8 Å². The molecular formula is C28H32Cl2F3N3O4. The van der Waals surface area contributed by atoms with Crippen LogP contribution < -0.4 is 0 Å². The molecule has 0 N–H and O–H groups in total. The summed E-state index contributed by atoms with van der Waals surface area (Å²) in [6.07, 6.45) is -1.20. The highest BCUT2D eigenvalue weighted by Crippen LogP contribution is 2.47. The summed E-state index contributed by atoms with van der Waals surface area (Å²) in [6, 6.07) is 3.88. The number of Topliss-reactive ketones (excluding diaryl/α,β-unsaturated/α-hetero) is 1. The van der Waals surface area contributed by atoms with Crippen molar-refractivity contribution in [3.05, 3.63) is 51.3 Å². The van der Waals surface area contributed by atoms with E-state index in [1.54, 1.807) is 19.9 Å². The Morgan fingerprint density at radius 1 is 1.10 bits per heavy atom. The minimum atomic E-state index is -4.88. The number of benzene rings is 1. The number of carbonyl (C=O) groups is 3. The number of alkyl halides is 3. The molecule has 0 aliphatic heterocycles. The van der Waals surface area contributed by atoms with Crippen LogP contribution in [0.25, 0.3) is 0 Å². The van der Waals surface area contributed by atoms with Gasteiger partial charge in [-0.3, -0.25) is 19.1 Å². The predicted octanol–water partition coefficient (Wildman–Crippen LogP) is 7.02. The van der Waals surface area contributed by atoms with E-state index in [4.69, 9.17) is 27.9 Å². The molecule has 2 aliphatic carbocycles. The monoisotopic (exact) mass is 601 g/mol. The summed E-state index contributed by atoms with van der Waals surface area (Å²) in [6.45, 7) is 5.21. The van der Waals surface area contributed by atoms with Crippen LogP contribution in [0.2, 0.25) is 10.0 Å². The third-order valence-corrected chi connectivity index (χ3v) is 8.64. The maximum absolute atomic E-state index is 14.5. The third-order valence-electron chi connectivity index (χ3n) is 8.01. The Morgan fingerprint density at radius 3 is 2.23 bits per heavy atom. The number of ether oxygens (including phenoxy) is 1. The molecule has 1 heterocycles. The number of nitrogens with zero attached hydrogens (tertiary/aromatic N) is 3. The van der Waals surface area contributed by atoms with Crippen molar-refractivity contribution in [2.75, 3.05) is 19.7 Å². The highest BCUT2D eigenvalue weighted by atomic mass is 35.5. The molecule has 40 heavy (non-hydrogen) atoms. The molecule has 0 saturated heterocycles. The SMILES string of the molecule is CCOC(=O)C1(C)CCC(n2ncc(C(=O)N(CC(=O)c3c(Cl)cccc3Cl)CC3(C)CC3)c2C(F)(F)F)CC1. The van der Waals surface area contributed by atoms with Crippen LogP contribution in [0.4, 0.5) is 13.2 Å². The zero-order chi connectivity index (χ0) is 29.5. The maximum atomic E-state index is 14.5. The molecule has 0 atom stereocenters. The number of hydrogen-bond donors (Lipinski definition) is 0. The van der Waals surface area contributed by atoms with Crippen LogP contribution in [0.1, 0.15) is 91.7 Å². The van der Waals surface area contributed by atoms with E-state index in [1.807, 2.05) is 6.92 Å². The molecule has 0 spiro atoms. The van der Waals surface area contributed by atoms with Gasteiger partial charge in [-0.1, -0.05) is 36.2 Å². The first-order valence-electron chi connectivity index (χ1n) is 13.3. The van der Waals surface area contributed by atoms with Crippen LogP contribution >= 0.6 is 23.2 Å². The molecule has 1 amide bonds. The van der Waals surface area contributed by atoms with E-state index in [0.29, 0.717) is 12.8 Å². The third kappa shape index (κ3) is 6.33. The molecule has 2 fully saturated rings. The average molecular weight is 602 g/mol. The van der Waals surface area contributed by atoms with Crippen LogP contribution in [-0.2, 0) is 15.7 Å². The number of esters is 1. The minimum Gasteiger partial charge on any atom is -0.466 e. The first-order chi connectivity index (χ1) is 18.7. The van der Waals surface area contributed by atoms with Crippen LogP contribution in [0.3, 0.4) is 0 Å². The first kappa shape index (κ1) is 30.4. The number of rotatable bonds is 9. The highest BCUT2D eigenvalue weighted by molar-refractivity contribution is 6.40. The van der Waals surface area contributed by atoms with Gasteiger partial charge in [0.05, 0.1) is 52.0 Å². The van der Waals surface area contributed by atoms with Crippen molar-refractivity contribution in [2.45, 2.75) is 71.5 Å². The lowest BCUT2D eigenvalue weighted by atomic mass is 9.74. The first-order valence-corrected chi connectivity index (χ1v) is 14.0. The Hall–Kier alpha value is -2.59. The van der Waals surface area contributed by atoms with Gasteiger partial charge < -0.3 is 9.64 Å². The Balaban J connectivity index is 1.63. The van der Waals surface area contributed by atoms with Gasteiger partial charge in [-0.15, -0.1) is 0 Å². The lowest BCUT2D eigenvalue weighted by Crippen LogP contribution is -2.40. The number of ketones is 1. The Morgan fingerprint density at radius 2 is 1.70 bits per heavy atom. The fourth-order valence-electron chi connectivity index (χ4n) is 5.29. The number of carbonyl (C=O) groups excluding carboxylic acids is 3. The largest absolute Gasteiger partial charge is 0.466 e. The molecular weight excluding hydrogens is 570 g/mol. The van der Waals surface area contributed by atoms with Crippen molar-refractivity contribution in [1.29, 1.82) is 0 Å². The van der Waals surface area contributed by atoms with Crippen molar-refractivity contribution in [3.63, 3.8) is 0 Å². The smallest absolute Gasteiger partial charge is 0.433 e. The van der Waals surface area contributed by atoms with E-state index >= 15 is 0 Å². The quantitative estimate of drug-likeness (QED) is 0.228. The number of halogens is 5. The highest BCUT2D eigenvalue weighted by Gasteiger charge is 2.47. The van der Waals surface area contributed by atoms with E-state index in [2.05, 4.69) is 5.10 Å². The van der Waals surface area contributed by atoms with Gasteiger partial charge in [-0.2, -0.15) is 18.3 Å². The molecule has 1 aromatic carbocycles. The Bertz CT molecular complexity index is 1280. The van der Waals surface area contributed by atoms with Crippen LogP contribution in [0.5, 0.6) is 0 Å². The topological polar surface area (TPSA) is 81.5 Å². The van der Waals surface area contributed by atoms with Gasteiger partial charge in [0, 0.05) is 6.54 Å². The van der Waals surface area contributed by atoms with Crippen molar-refractivity contribution in [2.24, 2.45) is 10.8 Å². The zero-order valence-corrected chi connectivity index (χ0v) is 24.1. The van der Waals surface area contributed by atoms with E-state index in [-0.39, 0.29) is 53.0 Å². The maximum Gasteiger partial charge on any atom is 0.433 e. The fraction of sp³-hybridized carbons (Fsp3) is 0.571. The van der Waals surface area contributed by atoms with Gasteiger partial charge in [0.25, 0.3) is 5.91 Å². The number of aromatic nitrogens is 2. The van der Waals surface area contributed by atoms with Crippen molar-refractivity contribution in [1.82, 2.24) is 14.7 Å². The summed E-state index contributed by atoms with van der Waals surface area (Å²) < 4.78 is 49.4. The van der Waals surface area contributed by atoms with Gasteiger partial charge in [0.2, 0.25) is 0 Å². The molecule has 12 heteroatoms. The molecule has 0 radical (unpaired) electrons. The van der Waals surface area contributed by atoms with Crippen molar-refractivity contribution < 1.29 is 32.3 Å². The van der Waals surface area contributed by atoms with Gasteiger partial charge in [0.15, 0.2) is 11.5 Å². The summed E-state index contributed by atoms with van der Waals surface area (Å²) in [7, 11) is 0. The molecule has 218 valence electrons. The molecule has 0 bridgehead atoms. The predicted molar refractivity (Wildman–Crippen MR) is 144 cm³/mol. The average Bonchev–Trinajstić information content (AvgIpc) is 3.42. The van der Waals surface area contributed by atoms with Gasteiger partial charge >= 0.3 is 12.1 Å². The molecule has 0 unspecified atom stereocenters. The lowest BCUT2D eigenvalue weighted by Gasteiger charge is -2.36. The second kappa shape index (κ2) is 11.4. The number of hydrogen-bond acceptors (Lipinski definition) is 5. The van der Waals surface area contributed by atoms with Gasteiger partial charge in [-0.25, -0.2) is 0 Å². The normalized spacial score (nSPS) is 22.1. The van der Waals surface area contributed by atoms with Gasteiger partial charge in [-0.05, 0) is 69.9 Å². The molecule has 4 rings (SSSR count). The summed E-state index contributed by atoms with van der Waals surface area (Å²) >= 11 is 12.4. The van der Waals surface area contributed by atoms with E-state index in [0.717, 1.165) is 28.6 Å². The summed E-state index contributed by atoms with van der Waals surface area (Å²) in [5.41, 5.74) is -2.84. The zero-order valence-electron chi connectivity index (χ0n) is 22.6. The number of amides is 1. The Labute approximate surface area is 240 Å². The van der Waals surface area contributed by atoms with Crippen LogP contribution in [0.15, 0.2) is 24.4 Å². The molecule has 7 nitrogen and oxygen atoms in total.